The standard InChI is InChI=1S/C25H27F4N5O3S/c1-15-22(38(35,36)33-23-10-11-30-14-31-23)8-9-24(32-15)37-21-7-5-17(13-20(21)34(2)3)16-4-6-19(26)18(12-16)25(27,28)29/h4,6,8-12,14,17,20-21H,5,7,13H2,1-3H3,(H,30,31,33)/t17-,20-,21-/m0/s1. The molecule has 2 heterocycles. The van der Waals surface area contributed by atoms with E-state index in [9.17, 15) is 26.0 Å². The minimum absolute atomic E-state index is 0.0342. The first-order valence-corrected chi connectivity index (χ1v) is 13.3. The quantitative estimate of drug-likeness (QED) is 0.421. The van der Waals surface area contributed by atoms with Gasteiger partial charge in [0.15, 0.2) is 0 Å². The van der Waals surface area contributed by atoms with E-state index < -0.39 is 27.6 Å². The van der Waals surface area contributed by atoms with Crippen LogP contribution in [0.25, 0.3) is 0 Å². The van der Waals surface area contributed by atoms with Crippen LogP contribution >= 0.6 is 0 Å². The van der Waals surface area contributed by atoms with Crippen LogP contribution in [-0.2, 0) is 16.2 Å². The number of likely N-dealkylation sites (N-methyl/N-ethyl adjacent to an activating group) is 1. The van der Waals surface area contributed by atoms with Gasteiger partial charge in [-0.1, -0.05) is 6.07 Å². The summed E-state index contributed by atoms with van der Waals surface area (Å²) in [5, 5.41) is 0. The van der Waals surface area contributed by atoms with E-state index in [1.165, 1.54) is 36.8 Å². The Morgan fingerprint density at radius 1 is 1.11 bits per heavy atom. The lowest BCUT2D eigenvalue weighted by atomic mass is 9.79. The molecule has 3 aromatic rings. The van der Waals surface area contributed by atoms with Crippen LogP contribution in [0.4, 0.5) is 23.4 Å². The minimum atomic E-state index is -4.77. The second-order valence-electron chi connectivity index (χ2n) is 9.37. The Morgan fingerprint density at radius 2 is 1.87 bits per heavy atom. The summed E-state index contributed by atoms with van der Waals surface area (Å²) in [4.78, 5) is 13.8. The van der Waals surface area contributed by atoms with Crippen molar-refractivity contribution in [3.05, 3.63) is 71.6 Å². The van der Waals surface area contributed by atoms with Crippen molar-refractivity contribution < 1.29 is 30.7 Å². The van der Waals surface area contributed by atoms with Gasteiger partial charge in [0.2, 0.25) is 5.88 Å². The van der Waals surface area contributed by atoms with Gasteiger partial charge in [-0.2, -0.15) is 13.2 Å². The molecular weight excluding hydrogens is 526 g/mol. The van der Waals surface area contributed by atoms with E-state index in [0.717, 1.165) is 12.1 Å². The van der Waals surface area contributed by atoms with Gasteiger partial charge in [0, 0.05) is 18.3 Å². The number of rotatable bonds is 7. The van der Waals surface area contributed by atoms with Crippen LogP contribution in [0.5, 0.6) is 5.88 Å². The molecule has 1 aromatic carbocycles. The fourth-order valence-corrected chi connectivity index (χ4v) is 5.88. The van der Waals surface area contributed by atoms with E-state index in [-0.39, 0.29) is 40.4 Å². The molecule has 1 saturated carbocycles. The first kappa shape index (κ1) is 27.7. The predicted octanol–water partition coefficient (Wildman–Crippen LogP) is 4.78. The molecule has 38 heavy (non-hydrogen) atoms. The molecule has 1 aliphatic rings. The molecule has 8 nitrogen and oxygen atoms in total. The number of anilines is 1. The van der Waals surface area contributed by atoms with Gasteiger partial charge in [-0.05, 0) is 76.0 Å². The number of aromatic nitrogens is 3. The molecule has 0 spiro atoms. The highest BCUT2D eigenvalue weighted by atomic mass is 32.2. The largest absolute Gasteiger partial charge is 0.473 e. The number of hydrogen-bond donors (Lipinski definition) is 1. The Bertz CT molecular complexity index is 1390. The van der Waals surface area contributed by atoms with E-state index in [2.05, 4.69) is 19.7 Å². The van der Waals surface area contributed by atoms with Crippen molar-refractivity contribution in [1.29, 1.82) is 0 Å². The molecule has 0 aliphatic heterocycles. The van der Waals surface area contributed by atoms with Crippen LogP contribution < -0.4 is 9.46 Å². The number of ether oxygens (including phenoxy) is 1. The molecule has 13 heteroatoms. The van der Waals surface area contributed by atoms with E-state index in [0.29, 0.717) is 24.8 Å². The van der Waals surface area contributed by atoms with Gasteiger partial charge in [0.1, 0.15) is 29.0 Å². The normalized spacial score (nSPS) is 20.4. The summed E-state index contributed by atoms with van der Waals surface area (Å²) in [6.07, 6.45) is -0.926. The summed E-state index contributed by atoms with van der Waals surface area (Å²) in [6.45, 7) is 1.55. The lowest BCUT2D eigenvalue weighted by Gasteiger charge is -2.39. The van der Waals surface area contributed by atoms with Crippen molar-refractivity contribution in [3.63, 3.8) is 0 Å². The zero-order valence-corrected chi connectivity index (χ0v) is 21.7. The maximum atomic E-state index is 13.8. The Kier molecular flexibility index (Phi) is 7.88. The van der Waals surface area contributed by atoms with Crippen LogP contribution in [0, 0.1) is 12.7 Å². The average Bonchev–Trinajstić information content (AvgIpc) is 2.84. The average molecular weight is 554 g/mol. The molecule has 0 radical (unpaired) electrons. The van der Waals surface area contributed by atoms with Gasteiger partial charge < -0.3 is 9.64 Å². The number of aryl methyl sites for hydroxylation is 1. The molecule has 3 atom stereocenters. The molecule has 2 aromatic heterocycles. The number of benzene rings is 1. The fraction of sp³-hybridized carbons (Fsp3) is 0.400. The Hall–Kier alpha value is -3.32. The van der Waals surface area contributed by atoms with Crippen LogP contribution in [0.3, 0.4) is 0 Å². The molecule has 0 bridgehead atoms. The number of sulfonamides is 1. The lowest BCUT2D eigenvalue weighted by Crippen LogP contribution is -2.46. The van der Waals surface area contributed by atoms with Crippen molar-refractivity contribution in [2.45, 2.75) is 55.3 Å². The monoisotopic (exact) mass is 553 g/mol. The van der Waals surface area contributed by atoms with E-state index in [1.807, 2.05) is 19.0 Å². The highest BCUT2D eigenvalue weighted by Gasteiger charge is 2.38. The third-order valence-corrected chi connectivity index (χ3v) is 8.07. The molecule has 204 valence electrons. The second kappa shape index (κ2) is 10.8. The number of nitrogens with one attached hydrogen (secondary N) is 1. The van der Waals surface area contributed by atoms with E-state index in [4.69, 9.17) is 4.74 Å². The number of nitrogens with zero attached hydrogens (tertiary/aromatic N) is 4. The first-order chi connectivity index (χ1) is 17.8. The van der Waals surface area contributed by atoms with Gasteiger partial charge in [0.25, 0.3) is 10.0 Å². The zero-order valence-electron chi connectivity index (χ0n) is 20.9. The number of hydrogen-bond acceptors (Lipinski definition) is 7. The summed E-state index contributed by atoms with van der Waals surface area (Å²) in [6, 6.07) is 7.29. The van der Waals surface area contributed by atoms with E-state index >= 15 is 0 Å². The van der Waals surface area contributed by atoms with Crippen LogP contribution in [-0.4, -0.2) is 54.5 Å². The Labute approximate surface area is 218 Å². The highest BCUT2D eigenvalue weighted by molar-refractivity contribution is 7.92. The minimum Gasteiger partial charge on any atom is -0.473 e. The third-order valence-electron chi connectivity index (χ3n) is 6.58. The number of pyridine rings is 1. The number of alkyl halides is 3. The highest BCUT2D eigenvalue weighted by Crippen LogP contribution is 2.39. The Morgan fingerprint density at radius 3 is 2.50 bits per heavy atom. The lowest BCUT2D eigenvalue weighted by molar-refractivity contribution is -0.140. The topological polar surface area (TPSA) is 97.3 Å². The Balaban J connectivity index is 1.49. The van der Waals surface area contributed by atoms with Crippen molar-refractivity contribution >= 4 is 15.8 Å². The van der Waals surface area contributed by atoms with Crippen molar-refractivity contribution in [2.75, 3.05) is 18.8 Å². The zero-order chi connectivity index (χ0) is 27.7. The summed E-state index contributed by atoms with van der Waals surface area (Å²) in [7, 11) is -0.247. The maximum absolute atomic E-state index is 13.8. The summed E-state index contributed by atoms with van der Waals surface area (Å²) in [5.41, 5.74) is -0.604. The fourth-order valence-electron chi connectivity index (χ4n) is 4.69. The SMILES string of the molecule is Cc1nc(O[C@H]2CC[C@H](c3ccc(F)c(C(F)(F)F)c3)C[C@@H]2N(C)C)ccc1S(=O)(=O)Nc1ccncn1. The van der Waals surface area contributed by atoms with Gasteiger partial charge in [-0.3, -0.25) is 4.72 Å². The van der Waals surface area contributed by atoms with Crippen LogP contribution in [0.2, 0.25) is 0 Å². The molecule has 1 aliphatic carbocycles. The molecule has 1 fully saturated rings. The summed E-state index contributed by atoms with van der Waals surface area (Å²) < 4.78 is 87.6. The van der Waals surface area contributed by atoms with Gasteiger partial charge in [-0.15, -0.1) is 0 Å². The predicted molar refractivity (Wildman–Crippen MR) is 132 cm³/mol. The molecule has 0 amide bonds. The summed E-state index contributed by atoms with van der Waals surface area (Å²) >= 11 is 0. The summed E-state index contributed by atoms with van der Waals surface area (Å²) in [5.74, 6) is -1.14. The van der Waals surface area contributed by atoms with E-state index in [1.54, 1.807) is 6.92 Å². The van der Waals surface area contributed by atoms with Crippen LogP contribution in [0.15, 0.2) is 53.8 Å². The molecular formula is C25H27F4N5O3S. The van der Waals surface area contributed by atoms with Crippen molar-refractivity contribution in [3.8, 4) is 5.88 Å². The van der Waals surface area contributed by atoms with Crippen LogP contribution in [0.1, 0.15) is 42.0 Å². The molecule has 4 rings (SSSR count). The molecule has 1 N–H and O–H groups in total. The molecule has 0 unspecified atom stereocenters. The van der Waals surface area contributed by atoms with Crippen molar-refractivity contribution in [1.82, 2.24) is 19.9 Å². The van der Waals surface area contributed by atoms with Gasteiger partial charge in [-0.25, -0.2) is 27.8 Å². The van der Waals surface area contributed by atoms with Gasteiger partial charge >= 0.3 is 6.18 Å². The molecule has 0 saturated heterocycles. The maximum Gasteiger partial charge on any atom is 0.419 e. The number of halogens is 4. The van der Waals surface area contributed by atoms with Gasteiger partial charge in [0.05, 0.1) is 11.3 Å². The third kappa shape index (κ3) is 6.21. The smallest absolute Gasteiger partial charge is 0.419 e. The van der Waals surface area contributed by atoms with Crippen molar-refractivity contribution in [2.24, 2.45) is 0 Å². The second-order valence-corrected chi connectivity index (χ2v) is 11.0. The first-order valence-electron chi connectivity index (χ1n) is 11.8.